The topological polar surface area (TPSA) is 194 Å². The van der Waals surface area contributed by atoms with Gasteiger partial charge in [0, 0.05) is 82.9 Å². The molecule has 0 amide bonds. The third-order valence-corrected chi connectivity index (χ3v) is 25.6. The molecule has 21 aromatic carbocycles. The zero-order valence-electron chi connectivity index (χ0n) is 75.6. The Balaban J connectivity index is 0.000000111. The minimum atomic E-state index is 0.604. The Morgan fingerprint density at radius 2 is 0.298 bits per heavy atom. The van der Waals surface area contributed by atoms with E-state index in [2.05, 4.69) is 231 Å². The molecule has 0 fully saturated rings. The molecule has 27 aromatic rings. The van der Waals surface area contributed by atoms with Crippen molar-refractivity contribution in [3.8, 4) is 170 Å². The van der Waals surface area contributed by atoms with Crippen LogP contribution in [-0.4, -0.2) is 59.8 Å². The molecular formula is C126H78N12O3. The van der Waals surface area contributed by atoms with Gasteiger partial charge >= 0.3 is 0 Å². The van der Waals surface area contributed by atoms with Gasteiger partial charge in [0.15, 0.2) is 69.2 Å². The molecule has 0 unspecified atom stereocenters. The number of hydrogen-bond acceptors (Lipinski definition) is 15. The highest BCUT2D eigenvalue weighted by Gasteiger charge is 2.24. The van der Waals surface area contributed by atoms with E-state index >= 15 is 0 Å². The van der Waals surface area contributed by atoms with Gasteiger partial charge < -0.3 is 13.3 Å². The molecule has 0 aliphatic heterocycles. The van der Waals surface area contributed by atoms with Gasteiger partial charge in [0.05, 0.1) is 0 Å². The van der Waals surface area contributed by atoms with E-state index in [1.807, 2.05) is 243 Å². The first-order chi connectivity index (χ1) is 69.8. The molecule has 15 heteroatoms. The fourth-order valence-electron chi connectivity index (χ4n) is 18.5. The molecule has 141 heavy (non-hydrogen) atoms. The van der Waals surface area contributed by atoms with Crippen molar-refractivity contribution in [3.05, 3.63) is 473 Å². The summed E-state index contributed by atoms with van der Waals surface area (Å²) in [7, 11) is 0. The molecule has 27 rings (SSSR count). The van der Waals surface area contributed by atoms with Crippen LogP contribution in [0.2, 0.25) is 0 Å². The highest BCUT2D eigenvalue weighted by molar-refractivity contribution is 6.21. The first-order valence-corrected chi connectivity index (χ1v) is 46.7. The lowest BCUT2D eigenvalue weighted by Gasteiger charge is -2.11. The van der Waals surface area contributed by atoms with E-state index < -0.39 is 0 Å². The fourth-order valence-corrected chi connectivity index (χ4v) is 18.5. The van der Waals surface area contributed by atoms with Gasteiger partial charge in [0.25, 0.3) is 0 Å². The van der Waals surface area contributed by atoms with Crippen LogP contribution in [0.3, 0.4) is 0 Å². The maximum atomic E-state index is 6.47. The molecule has 6 aromatic heterocycles. The van der Waals surface area contributed by atoms with Crippen LogP contribution in [0.4, 0.5) is 0 Å². The van der Waals surface area contributed by atoms with E-state index in [4.69, 9.17) is 73.1 Å². The number of hydrogen-bond donors (Lipinski definition) is 0. The summed E-state index contributed by atoms with van der Waals surface area (Å²) in [5.41, 5.74) is 22.8. The SMILES string of the molecule is c1ccc(-c2ccc(-c3nc(-c4ccccc4)nc(-c4ccc5ccc6ccc7nc(-c8ccccc8)oc7c6c5c4)n3)cc2)cc1.c1ccc(-c2cccc(-c3nc(-c4ccccc4)nc(-c4ccc5ccc6ccc7nc(-c8ccccc8)oc7c6c5c4)n3)c2)cc1.c1ccc(-c2nc(-c3ccccc3)nc(-c3ccc(-c4ccc5ccc6ccc7nc(-c8ccccc8)oc7c6c5c4)cc3)n2)cc1. The third kappa shape index (κ3) is 16.6. The summed E-state index contributed by atoms with van der Waals surface area (Å²) in [4.78, 5) is 59.1. The van der Waals surface area contributed by atoms with Crippen molar-refractivity contribution in [1.82, 2.24) is 59.8 Å². The summed E-state index contributed by atoms with van der Waals surface area (Å²) in [5, 5.41) is 13.0. The Hall–Kier alpha value is -19.4. The zero-order valence-corrected chi connectivity index (χ0v) is 75.6. The number of benzene rings is 21. The van der Waals surface area contributed by atoms with Gasteiger partial charge in [-0.2, -0.15) is 0 Å². The van der Waals surface area contributed by atoms with Crippen LogP contribution >= 0.6 is 0 Å². The van der Waals surface area contributed by atoms with Gasteiger partial charge in [-0.3, -0.25) is 0 Å². The fraction of sp³-hybridized carbons (Fsp3) is 0. The van der Waals surface area contributed by atoms with Crippen LogP contribution in [0.1, 0.15) is 0 Å². The van der Waals surface area contributed by atoms with Crippen LogP contribution in [0, 0.1) is 0 Å². The number of nitrogens with zero attached hydrogens (tertiary/aromatic N) is 12. The normalized spacial score (nSPS) is 11.4. The van der Waals surface area contributed by atoms with Crippen LogP contribution in [0.5, 0.6) is 0 Å². The van der Waals surface area contributed by atoms with E-state index in [-0.39, 0.29) is 0 Å². The van der Waals surface area contributed by atoms with E-state index in [1.165, 1.54) is 5.56 Å². The Morgan fingerprint density at radius 3 is 0.603 bits per heavy atom. The molecule has 0 saturated heterocycles. The van der Waals surface area contributed by atoms with Crippen molar-refractivity contribution in [1.29, 1.82) is 0 Å². The van der Waals surface area contributed by atoms with E-state index in [0.29, 0.717) is 70.1 Å². The first kappa shape index (κ1) is 83.4. The molecule has 0 N–H and O–H groups in total. The van der Waals surface area contributed by atoms with Crippen LogP contribution < -0.4 is 0 Å². The molecule has 6 heterocycles. The van der Waals surface area contributed by atoms with Gasteiger partial charge in [-0.1, -0.05) is 394 Å². The van der Waals surface area contributed by atoms with Gasteiger partial charge in [-0.25, -0.2) is 59.8 Å². The molecule has 0 aliphatic rings. The number of oxazole rings is 3. The monoisotopic (exact) mass is 1810 g/mol. The zero-order chi connectivity index (χ0) is 93.5. The van der Waals surface area contributed by atoms with Crippen molar-refractivity contribution in [2.75, 3.05) is 0 Å². The maximum absolute atomic E-state index is 6.47. The van der Waals surface area contributed by atoms with E-state index in [9.17, 15) is 0 Å². The van der Waals surface area contributed by atoms with E-state index in [1.54, 1.807) is 0 Å². The molecule has 0 aliphatic carbocycles. The lowest BCUT2D eigenvalue weighted by Crippen LogP contribution is -2.00. The predicted molar refractivity (Wildman–Crippen MR) is 569 cm³/mol. The summed E-state index contributed by atoms with van der Waals surface area (Å²) in [6.45, 7) is 0. The summed E-state index contributed by atoms with van der Waals surface area (Å²) >= 11 is 0. The Kier molecular flexibility index (Phi) is 21.6. The van der Waals surface area contributed by atoms with E-state index in [0.717, 1.165) is 193 Å². The Morgan fingerprint density at radius 1 is 0.121 bits per heavy atom. The lowest BCUT2D eigenvalue weighted by molar-refractivity contribution is 0.623. The minimum Gasteiger partial charge on any atom is -0.435 e. The summed E-state index contributed by atoms with van der Waals surface area (Å²) in [6, 6.07) is 161. The lowest BCUT2D eigenvalue weighted by atomic mass is 9.96. The minimum absolute atomic E-state index is 0.604. The molecule has 660 valence electrons. The highest BCUT2D eigenvalue weighted by Crippen LogP contribution is 2.43. The van der Waals surface area contributed by atoms with Crippen molar-refractivity contribution >= 4 is 97.9 Å². The van der Waals surface area contributed by atoms with Crippen molar-refractivity contribution in [2.24, 2.45) is 0 Å². The second-order valence-corrected chi connectivity index (χ2v) is 34.5. The Labute approximate surface area is 809 Å². The summed E-state index contributed by atoms with van der Waals surface area (Å²) < 4.78 is 19.4. The largest absolute Gasteiger partial charge is 0.435 e. The van der Waals surface area contributed by atoms with Crippen LogP contribution in [0.15, 0.2) is 486 Å². The average molecular weight is 1810 g/mol. The van der Waals surface area contributed by atoms with Crippen LogP contribution in [-0.2, 0) is 0 Å². The average Bonchev–Trinajstić information content (AvgIpc) is 1.68. The first-order valence-electron chi connectivity index (χ1n) is 46.7. The van der Waals surface area contributed by atoms with Gasteiger partial charge in [0.1, 0.15) is 16.6 Å². The Bertz CT molecular complexity index is 9320. The molecule has 0 bridgehead atoms. The van der Waals surface area contributed by atoms with Crippen molar-refractivity contribution in [2.45, 2.75) is 0 Å². The molecule has 0 atom stereocenters. The van der Waals surface area contributed by atoms with Crippen LogP contribution in [0.25, 0.3) is 268 Å². The van der Waals surface area contributed by atoms with Gasteiger partial charge in [-0.15, -0.1) is 0 Å². The van der Waals surface area contributed by atoms with Crippen molar-refractivity contribution in [3.63, 3.8) is 0 Å². The highest BCUT2D eigenvalue weighted by atomic mass is 16.4. The van der Waals surface area contributed by atoms with Gasteiger partial charge in [-0.05, 0) is 161 Å². The molecule has 0 spiro atoms. The predicted octanol–water partition coefficient (Wildman–Crippen LogP) is 32.0. The third-order valence-electron chi connectivity index (χ3n) is 25.6. The quantitative estimate of drug-likeness (QED) is 0.0879. The second kappa shape index (κ2) is 36.4. The molecule has 0 radical (unpaired) electrons. The standard InChI is InChI=1S/3C42H26N4O/c1-4-11-27(12-5-1)32-17-10-18-33(25-32)40-44-39(30-13-6-2-7-14-30)45-41(46-40)34-22-20-28-19-21-29-23-24-36-38(37(29)35(28)26-34)47-42(43-36)31-15-8-3-9-16-31;1-4-10-30(11-5-1)39-44-40(31-12-6-2-7-13-31)46-41(45-39)32-21-16-27(17-22-32)34-23-19-28-18-20-29-24-25-36-38(37(29)35(28)26-34)47-42(43-36)33-14-8-3-9-15-33;1-4-10-27(11-5-1)28-16-21-32(22-17-28)40-44-39(31-12-6-2-7-13-31)45-41(46-40)34-23-19-29-18-20-30-24-25-36-38(37(30)35(29)26-34)47-42(43-36)33-14-8-3-9-15-33/h3*1-26H. The number of fused-ring (bicyclic) bond motifs is 15. The number of rotatable bonds is 15. The molecule has 0 saturated carbocycles. The smallest absolute Gasteiger partial charge is 0.227 e. The van der Waals surface area contributed by atoms with Crippen molar-refractivity contribution < 1.29 is 13.3 Å². The van der Waals surface area contributed by atoms with Gasteiger partial charge in [0.2, 0.25) is 17.7 Å². The number of aromatic nitrogens is 12. The molecular weight excluding hydrogens is 1730 g/mol. The summed E-state index contributed by atoms with van der Waals surface area (Å²) in [6.07, 6.45) is 0. The summed E-state index contributed by atoms with van der Waals surface area (Å²) in [5.74, 6) is 7.47. The maximum Gasteiger partial charge on any atom is 0.227 e. The molecule has 15 nitrogen and oxygen atoms in total. The second-order valence-electron chi connectivity index (χ2n) is 34.5.